The lowest BCUT2D eigenvalue weighted by Crippen LogP contribution is -2.34. The molecule has 0 saturated carbocycles. The molecule has 1 aromatic heterocycles. The average Bonchev–Trinajstić information content (AvgIpc) is 3.17. The molecule has 4 N–H and O–H groups in total. The third-order valence-corrected chi connectivity index (χ3v) is 6.54. The molecule has 0 unspecified atom stereocenters. The number of nitrogens with zero attached hydrogens (tertiary/aromatic N) is 3. The zero-order valence-corrected chi connectivity index (χ0v) is 19.7. The molecular formula is C25H29FN4O5. The molecule has 0 bridgehead atoms. The predicted molar refractivity (Wildman–Crippen MR) is 127 cm³/mol. The Morgan fingerprint density at radius 3 is 2.51 bits per heavy atom. The monoisotopic (exact) mass is 484 g/mol. The van der Waals surface area contributed by atoms with Gasteiger partial charge in [0, 0.05) is 24.6 Å². The lowest BCUT2D eigenvalue weighted by Gasteiger charge is -2.31. The zero-order chi connectivity index (χ0) is 25.3. The van der Waals surface area contributed by atoms with Crippen molar-refractivity contribution in [3.05, 3.63) is 57.8 Å². The highest BCUT2D eigenvalue weighted by molar-refractivity contribution is 5.69. The van der Waals surface area contributed by atoms with Gasteiger partial charge in [-0.15, -0.1) is 0 Å². The second kappa shape index (κ2) is 9.91. The Balaban J connectivity index is 1.59. The van der Waals surface area contributed by atoms with Crippen LogP contribution in [-0.4, -0.2) is 54.0 Å². The number of hydrogen-bond donors (Lipinski definition) is 4. The van der Waals surface area contributed by atoms with Crippen molar-refractivity contribution in [3.63, 3.8) is 0 Å². The summed E-state index contributed by atoms with van der Waals surface area (Å²) in [4.78, 5) is 25.6. The van der Waals surface area contributed by atoms with Crippen LogP contribution in [0.4, 0.5) is 4.39 Å². The van der Waals surface area contributed by atoms with E-state index in [9.17, 15) is 19.8 Å². The van der Waals surface area contributed by atoms with Crippen LogP contribution in [0.3, 0.4) is 0 Å². The van der Waals surface area contributed by atoms with Gasteiger partial charge in [-0.2, -0.15) is 5.10 Å². The Morgan fingerprint density at radius 2 is 1.89 bits per heavy atom. The summed E-state index contributed by atoms with van der Waals surface area (Å²) >= 11 is 0. The number of likely N-dealkylation sites (tertiary alicyclic amines) is 1. The first-order valence-electron chi connectivity index (χ1n) is 11.6. The number of nitrogens with one attached hydrogen (secondary N) is 1. The fraction of sp³-hybridized carbons (Fsp3) is 0.400. The minimum Gasteiger partial charge on any atom is -0.508 e. The lowest BCUT2D eigenvalue weighted by molar-refractivity contribution is -0.138. The molecule has 2 heterocycles. The molecule has 3 aromatic rings. The summed E-state index contributed by atoms with van der Waals surface area (Å²) in [5.74, 6) is -1.38. The number of H-pyrrole nitrogens is 1. The first-order chi connectivity index (χ1) is 16.6. The Kier molecular flexibility index (Phi) is 6.93. The molecule has 0 radical (unpaired) electrons. The summed E-state index contributed by atoms with van der Waals surface area (Å²) in [6, 6.07) is 7.27. The van der Waals surface area contributed by atoms with Gasteiger partial charge in [0.05, 0.1) is 11.3 Å². The Bertz CT molecular complexity index is 1290. The van der Waals surface area contributed by atoms with E-state index in [1.807, 2.05) is 13.8 Å². The van der Waals surface area contributed by atoms with Crippen LogP contribution in [0.5, 0.6) is 11.5 Å². The van der Waals surface area contributed by atoms with Gasteiger partial charge in [-0.1, -0.05) is 19.9 Å². The van der Waals surface area contributed by atoms with Crippen molar-refractivity contribution in [2.45, 2.75) is 45.6 Å². The highest BCUT2D eigenvalue weighted by atomic mass is 19.1. The third kappa shape index (κ3) is 5.22. The molecule has 1 fully saturated rings. The maximum absolute atomic E-state index is 15.1. The van der Waals surface area contributed by atoms with Crippen LogP contribution in [0.2, 0.25) is 0 Å². The smallest absolute Gasteiger partial charge is 0.348 e. The first kappa shape index (κ1) is 24.5. The molecule has 1 saturated heterocycles. The molecule has 186 valence electrons. The van der Waals surface area contributed by atoms with Crippen molar-refractivity contribution in [2.24, 2.45) is 5.92 Å². The minimum atomic E-state index is -0.792. The van der Waals surface area contributed by atoms with E-state index in [0.717, 1.165) is 12.8 Å². The topological polar surface area (TPSA) is 132 Å². The Hall–Kier alpha value is -3.66. The number of aliphatic carboxylic acids is 1. The number of hydrogen-bond acceptors (Lipinski definition) is 6. The van der Waals surface area contributed by atoms with Gasteiger partial charge in [-0.25, -0.2) is 18.9 Å². The average molecular weight is 485 g/mol. The van der Waals surface area contributed by atoms with E-state index >= 15 is 4.39 Å². The number of benzene rings is 2. The quantitative estimate of drug-likeness (QED) is 0.403. The fourth-order valence-electron chi connectivity index (χ4n) is 4.59. The summed E-state index contributed by atoms with van der Waals surface area (Å²) in [6.07, 6.45) is 1.68. The molecule has 9 nitrogen and oxygen atoms in total. The number of carboxylic acids is 1. The van der Waals surface area contributed by atoms with Crippen molar-refractivity contribution >= 4 is 5.97 Å². The zero-order valence-electron chi connectivity index (χ0n) is 19.7. The number of carboxylic acid groups (broad SMARTS) is 1. The molecule has 0 aliphatic carbocycles. The first-order valence-corrected chi connectivity index (χ1v) is 11.6. The number of halogens is 1. The van der Waals surface area contributed by atoms with E-state index in [1.54, 1.807) is 18.2 Å². The molecule has 35 heavy (non-hydrogen) atoms. The normalized spacial score (nSPS) is 15.1. The number of rotatable bonds is 7. The van der Waals surface area contributed by atoms with E-state index in [4.69, 9.17) is 5.11 Å². The number of phenols is 2. The summed E-state index contributed by atoms with van der Waals surface area (Å²) in [6.45, 7) is 5.55. The predicted octanol–water partition coefficient (Wildman–Crippen LogP) is 3.59. The molecule has 4 rings (SSSR count). The van der Waals surface area contributed by atoms with E-state index < -0.39 is 17.5 Å². The van der Waals surface area contributed by atoms with Crippen molar-refractivity contribution in [1.82, 2.24) is 19.7 Å². The molecule has 2 aromatic carbocycles. The third-order valence-electron chi connectivity index (χ3n) is 6.54. The van der Waals surface area contributed by atoms with Crippen LogP contribution < -0.4 is 5.69 Å². The lowest BCUT2D eigenvalue weighted by atomic mass is 9.93. The molecule has 1 aliphatic heterocycles. The summed E-state index contributed by atoms with van der Waals surface area (Å²) < 4.78 is 16.3. The molecule has 0 amide bonds. The maximum atomic E-state index is 15.1. The van der Waals surface area contributed by atoms with E-state index in [2.05, 4.69) is 15.1 Å². The van der Waals surface area contributed by atoms with Gasteiger partial charge in [-0.05, 0) is 61.5 Å². The second-order valence-corrected chi connectivity index (χ2v) is 9.36. The number of aromatic nitrogens is 3. The summed E-state index contributed by atoms with van der Waals surface area (Å²) in [5.41, 5.74) is 0.940. The van der Waals surface area contributed by atoms with Crippen LogP contribution in [0, 0.1) is 11.7 Å². The van der Waals surface area contributed by atoms with E-state index in [0.29, 0.717) is 30.8 Å². The molecule has 1 aliphatic rings. The number of phenolic OH excluding ortho intramolecular Hbond substituents is 2. The van der Waals surface area contributed by atoms with Gasteiger partial charge < -0.3 is 15.3 Å². The number of piperidine rings is 1. The molecule has 10 heteroatoms. The van der Waals surface area contributed by atoms with Gasteiger partial charge in [0.2, 0.25) is 0 Å². The highest BCUT2D eigenvalue weighted by Crippen LogP contribution is 2.37. The molecule has 0 spiro atoms. The van der Waals surface area contributed by atoms with Crippen molar-refractivity contribution in [3.8, 4) is 28.6 Å². The van der Waals surface area contributed by atoms with Crippen molar-refractivity contribution in [1.29, 1.82) is 0 Å². The standard InChI is InChI=1S/C25H29FN4O5/c1-14(2)18-11-19(22(32)12-21(18)31)24-27-28-25(35)30(24)17-4-3-16(20(26)10-17)13-29-7-5-15(6-8-29)9-23(33)34/h3-4,10-12,14-15,31-32H,5-9,13H2,1-2H3,(H,28,35)(H,33,34). The Labute approximate surface area is 201 Å². The van der Waals surface area contributed by atoms with Crippen LogP contribution in [-0.2, 0) is 11.3 Å². The van der Waals surface area contributed by atoms with Gasteiger partial charge in [0.15, 0.2) is 5.82 Å². The fourth-order valence-corrected chi connectivity index (χ4v) is 4.59. The second-order valence-electron chi connectivity index (χ2n) is 9.36. The number of aromatic hydroxyl groups is 2. The summed E-state index contributed by atoms with van der Waals surface area (Å²) in [7, 11) is 0. The Morgan fingerprint density at radius 1 is 1.17 bits per heavy atom. The largest absolute Gasteiger partial charge is 0.508 e. The molecular weight excluding hydrogens is 455 g/mol. The van der Waals surface area contributed by atoms with Crippen molar-refractivity contribution < 1.29 is 24.5 Å². The van der Waals surface area contributed by atoms with Crippen LogP contribution in [0.15, 0.2) is 35.1 Å². The summed E-state index contributed by atoms with van der Waals surface area (Å²) in [5, 5.41) is 35.9. The van der Waals surface area contributed by atoms with Gasteiger partial charge in [0.25, 0.3) is 0 Å². The SMILES string of the molecule is CC(C)c1cc(-c2n[nH]c(=O)n2-c2ccc(CN3CCC(CC(=O)O)CC3)c(F)c2)c(O)cc1O. The van der Waals surface area contributed by atoms with Crippen LogP contribution in [0.1, 0.15) is 50.2 Å². The van der Waals surface area contributed by atoms with Crippen molar-refractivity contribution in [2.75, 3.05) is 13.1 Å². The maximum Gasteiger partial charge on any atom is 0.348 e. The van der Waals surface area contributed by atoms with Crippen LogP contribution in [0.25, 0.3) is 17.1 Å². The number of carbonyl (C=O) groups is 1. The van der Waals surface area contributed by atoms with E-state index in [-0.39, 0.29) is 46.8 Å². The highest BCUT2D eigenvalue weighted by Gasteiger charge is 2.23. The number of aromatic amines is 1. The van der Waals surface area contributed by atoms with E-state index in [1.165, 1.54) is 16.7 Å². The molecule has 0 atom stereocenters. The van der Waals surface area contributed by atoms with Gasteiger partial charge >= 0.3 is 11.7 Å². The van der Waals surface area contributed by atoms with Gasteiger partial charge in [0.1, 0.15) is 17.3 Å². The van der Waals surface area contributed by atoms with Crippen LogP contribution >= 0.6 is 0 Å². The van der Waals surface area contributed by atoms with Gasteiger partial charge in [-0.3, -0.25) is 9.69 Å². The minimum absolute atomic E-state index is 0.0422.